The minimum absolute atomic E-state index is 0.320. The van der Waals surface area contributed by atoms with Crippen molar-refractivity contribution in [3.63, 3.8) is 0 Å². The zero-order valence-electron chi connectivity index (χ0n) is 10.2. The van der Waals surface area contributed by atoms with Gasteiger partial charge in [-0.05, 0) is 42.3 Å². The molecule has 2 rings (SSSR count). The molecule has 2 nitrogen and oxygen atoms in total. The number of anilines is 1. The third kappa shape index (κ3) is 3.00. The second kappa shape index (κ2) is 4.91. The normalized spacial score (nSPS) is 10.2. The van der Waals surface area contributed by atoms with Crippen LogP contribution in [-0.4, -0.2) is 12.2 Å². The molecule has 0 aliphatic heterocycles. The number of aromatic hydroxyl groups is 1. The highest BCUT2D eigenvalue weighted by Crippen LogP contribution is 2.18. The summed E-state index contributed by atoms with van der Waals surface area (Å²) in [5.41, 5.74) is 3.55. The molecule has 0 saturated carbocycles. The number of hydrogen-bond acceptors (Lipinski definition) is 2. The van der Waals surface area contributed by atoms with Crippen LogP contribution < -0.4 is 4.90 Å². The standard InChI is InChI=1S/C15H17NO/c1-12-5-3-7-14(9-12)16(2)11-13-6-4-8-15(17)10-13/h3-10,17H,11H2,1-2H3. The molecule has 0 saturated heterocycles. The lowest BCUT2D eigenvalue weighted by molar-refractivity contribution is 0.474. The predicted octanol–water partition coefficient (Wildman–Crippen LogP) is 3.34. The van der Waals surface area contributed by atoms with Crippen molar-refractivity contribution in [2.75, 3.05) is 11.9 Å². The quantitative estimate of drug-likeness (QED) is 0.869. The van der Waals surface area contributed by atoms with Gasteiger partial charge in [-0.2, -0.15) is 0 Å². The molecule has 2 aromatic carbocycles. The summed E-state index contributed by atoms with van der Waals surface area (Å²) >= 11 is 0. The van der Waals surface area contributed by atoms with E-state index < -0.39 is 0 Å². The minimum Gasteiger partial charge on any atom is -0.508 e. The smallest absolute Gasteiger partial charge is 0.115 e. The van der Waals surface area contributed by atoms with E-state index in [2.05, 4.69) is 43.1 Å². The number of benzene rings is 2. The fourth-order valence-corrected chi connectivity index (χ4v) is 1.89. The first-order chi connectivity index (χ1) is 8.15. The van der Waals surface area contributed by atoms with E-state index in [1.54, 1.807) is 12.1 Å². The highest BCUT2D eigenvalue weighted by molar-refractivity contribution is 5.48. The number of phenolic OH excluding ortho intramolecular Hbond substituents is 1. The van der Waals surface area contributed by atoms with Gasteiger partial charge in [-0.15, -0.1) is 0 Å². The van der Waals surface area contributed by atoms with Gasteiger partial charge in [0.05, 0.1) is 0 Å². The average Bonchev–Trinajstić information content (AvgIpc) is 2.29. The van der Waals surface area contributed by atoms with Crippen molar-refractivity contribution in [3.05, 3.63) is 59.7 Å². The zero-order chi connectivity index (χ0) is 12.3. The van der Waals surface area contributed by atoms with Crippen molar-refractivity contribution in [2.45, 2.75) is 13.5 Å². The molecule has 0 atom stereocenters. The van der Waals surface area contributed by atoms with Gasteiger partial charge < -0.3 is 10.0 Å². The summed E-state index contributed by atoms with van der Waals surface area (Å²) < 4.78 is 0. The van der Waals surface area contributed by atoms with Crippen LogP contribution in [0.2, 0.25) is 0 Å². The van der Waals surface area contributed by atoms with Crippen molar-refractivity contribution in [3.8, 4) is 5.75 Å². The average molecular weight is 227 g/mol. The number of aryl methyl sites for hydroxylation is 1. The molecule has 0 aliphatic carbocycles. The van der Waals surface area contributed by atoms with Gasteiger partial charge in [0.25, 0.3) is 0 Å². The Morgan fingerprint density at radius 2 is 1.82 bits per heavy atom. The summed E-state index contributed by atoms with van der Waals surface area (Å²) in [6, 6.07) is 15.8. The fraction of sp³-hybridized carbons (Fsp3) is 0.200. The summed E-state index contributed by atoms with van der Waals surface area (Å²) in [6.45, 7) is 2.88. The molecule has 17 heavy (non-hydrogen) atoms. The molecular weight excluding hydrogens is 210 g/mol. The predicted molar refractivity (Wildman–Crippen MR) is 71.4 cm³/mol. The number of rotatable bonds is 3. The highest BCUT2D eigenvalue weighted by Gasteiger charge is 2.02. The molecule has 0 aromatic heterocycles. The lowest BCUT2D eigenvalue weighted by Gasteiger charge is -2.20. The monoisotopic (exact) mass is 227 g/mol. The lowest BCUT2D eigenvalue weighted by Crippen LogP contribution is -2.16. The Balaban J connectivity index is 2.14. The van der Waals surface area contributed by atoms with Crippen LogP contribution in [0.3, 0.4) is 0 Å². The SMILES string of the molecule is Cc1cccc(N(C)Cc2cccc(O)c2)c1. The van der Waals surface area contributed by atoms with E-state index in [1.165, 1.54) is 11.3 Å². The van der Waals surface area contributed by atoms with Crippen LogP contribution in [0.15, 0.2) is 48.5 Å². The van der Waals surface area contributed by atoms with Crippen LogP contribution in [0.5, 0.6) is 5.75 Å². The maximum Gasteiger partial charge on any atom is 0.115 e. The molecular formula is C15H17NO. The molecule has 0 heterocycles. The Kier molecular flexibility index (Phi) is 3.33. The third-order valence-electron chi connectivity index (χ3n) is 2.77. The maximum atomic E-state index is 9.42. The van der Waals surface area contributed by atoms with E-state index >= 15 is 0 Å². The second-order valence-electron chi connectivity index (χ2n) is 4.36. The number of phenols is 1. The van der Waals surface area contributed by atoms with Crippen molar-refractivity contribution < 1.29 is 5.11 Å². The van der Waals surface area contributed by atoms with E-state index in [-0.39, 0.29) is 0 Å². The Morgan fingerprint density at radius 1 is 1.06 bits per heavy atom. The first kappa shape index (κ1) is 11.5. The second-order valence-corrected chi connectivity index (χ2v) is 4.36. The first-order valence-corrected chi connectivity index (χ1v) is 5.71. The molecule has 2 aromatic rings. The summed E-state index contributed by atoms with van der Waals surface area (Å²) in [5.74, 6) is 0.320. The van der Waals surface area contributed by atoms with Crippen molar-refractivity contribution in [1.82, 2.24) is 0 Å². The van der Waals surface area contributed by atoms with E-state index in [0.29, 0.717) is 5.75 Å². The minimum atomic E-state index is 0.320. The molecule has 0 amide bonds. The third-order valence-corrected chi connectivity index (χ3v) is 2.77. The van der Waals surface area contributed by atoms with Crippen LogP contribution in [0.1, 0.15) is 11.1 Å². The van der Waals surface area contributed by atoms with Crippen molar-refractivity contribution >= 4 is 5.69 Å². The fourth-order valence-electron chi connectivity index (χ4n) is 1.89. The molecule has 2 heteroatoms. The van der Waals surface area contributed by atoms with Crippen LogP contribution in [0.25, 0.3) is 0 Å². The first-order valence-electron chi connectivity index (χ1n) is 5.71. The molecule has 0 spiro atoms. The van der Waals surface area contributed by atoms with Gasteiger partial charge >= 0.3 is 0 Å². The van der Waals surface area contributed by atoms with Gasteiger partial charge in [-0.25, -0.2) is 0 Å². The number of hydrogen-bond donors (Lipinski definition) is 1. The number of nitrogens with zero attached hydrogens (tertiary/aromatic N) is 1. The van der Waals surface area contributed by atoms with Crippen molar-refractivity contribution in [1.29, 1.82) is 0 Å². The van der Waals surface area contributed by atoms with E-state index in [4.69, 9.17) is 0 Å². The van der Waals surface area contributed by atoms with Crippen molar-refractivity contribution in [2.24, 2.45) is 0 Å². The summed E-state index contributed by atoms with van der Waals surface area (Å²) in [6.07, 6.45) is 0. The molecule has 0 fully saturated rings. The Bertz CT molecular complexity index is 508. The molecule has 88 valence electrons. The van der Waals surface area contributed by atoms with Gasteiger partial charge in [-0.1, -0.05) is 24.3 Å². The van der Waals surface area contributed by atoms with Crippen LogP contribution in [0, 0.1) is 6.92 Å². The van der Waals surface area contributed by atoms with Crippen LogP contribution in [0.4, 0.5) is 5.69 Å². The van der Waals surface area contributed by atoms with Gasteiger partial charge in [0.2, 0.25) is 0 Å². The largest absolute Gasteiger partial charge is 0.508 e. The molecule has 1 N–H and O–H groups in total. The molecule has 0 radical (unpaired) electrons. The summed E-state index contributed by atoms with van der Waals surface area (Å²) in [4.78, 5) is 2.17. The zero-order valence-corrected chi connectivity index (χ0v) is 10.2. The topological polar surface area (TPSA) is 23.5 Å². The van der Waals surface area contributed by atoms with Crippen LogP contribution in [-0.2, 0) is 6.54 Å². The summed E-state index contributed by atoms with van der Waals surface area (Å²) in [7, 11) is 2.05. The van der Waals surface area contributed by atoms with E-state index in [0.717, 1.165) is 12.1 Å². The van der Waals surface area contributed by atoms with Gasteiger partial charge in [0.1, 0.15) is 5.75 Å². The highest BCUT2D eigenvalue weighted by atomic mass is 16.3. The molecule has 0 bridgehead atoms. The van der Waals surface area contributed by atoms with Gasteiger partial charge in [0.15, 0.2) is 0 Å². The van der Waals surface area contributed by atoms with E-state index in [1.807, 2.05) is 12.1 Å². The van der Waals surface area contributed by atoms with Gasteiger partial charge in [-0.3, -0.25) is 0 Å². The Hall–Kier alpha value is -1.96. The molecule has 0 unspecified atom stereocenters. The summed E-state index contributed by atoms with van der Waals surface area (Å²) in [5, 5.41) is 9.42. The lowest BCUT2D eigenvalue weighted by atomic mass is 10.1. The Labute approximate surface area is 102 Å². The Morgan fingerprint density at radius 3 is 2.53 bits per heavy atom. The maximum absolute atomic E-state index is 9.42. The van der Waals surface area contributed by atoms with Gasteiger partial charge in [0, 0.05) is 19.3 Å². The van der Waals surface area contributed by atoms with E-state index in [9.17, 15) is 5.11 Å². The van der Waals surface area contributed by atoms with Crippen LogP contribution >= 0.6 is 0 Å². The molecule has 0 aliphatic rings.